The third-order valence-electron chi connectivity index (χ3n) is 4.24. The van der Waals surface area contributed by atoms with Crippen LogP contribution in [0, 0.1) is 10.1 Å². The molecule has 0 aliphatic carbocycles. The van der Waals surface area contributed by atoms with Crippen LogP contribution in [-0.2, 0) is 14.3 Å². The summed E-state index contributed by atoms with van der Waals surface area (Å²) in [4.78, 5) is 34.5. The van der Waals surface area contributed by atoms with Gasteiger partial charge < -0.3 is 14.8 Å². The molecule has 0 heterocycles. The number of nitrogens with one attached hydrogen (secondary N) is 1. The van der Waals surface area contributed by atoms with Crippen LogP contribution < -0.4 is 10.1 Å². The normalized spacial score (nSPS) is 10.7. The summed E-state index contributed by atoms with van der Waals surface area (Å²) in [5.74, 6) is -1.12. The van der Waals surface area contributed by atoms with Crippen molar-refractivity contribution in [3.05, 3.63) is 82.4 Å². The van der Waals surface area contributed by atoms with Gasteiger partial charge in [0, 0.05) is 6.08 Å². The molecule has 0 saturated carbocycles. The maximum absolute atomic E-state index is 12.0. The van der Waals surface area contributed by atoms with Gasteiger partial charge in [0.15, 0.2) is 6.61 Å². The molecule has 0 aliphatic rings. The third-order valence-corrected chi connectivity index (χ3v) is 4.24. The van der Waals surface area contributed by atoms with E-state index in [0.29, 0.717) is 0 Å². The summed E-state index contributed by atoms with van der Waals surface area (Å²) >= 11 is 0. The molecule has 1 N–H and O–H groups in total. The number of hydrogen-bond acceptors (Lipinski definition) is 6. The van der Waals surface area contributed by atoms with E-state index in [4.69, 9.17) is 9.47 Å². The Kier molecular flexibility index (Phi) is 6.39. The molecule has 3 aromatic rings. The monoisotopic (exact) mass is 406 g/mol. The Bertz CT molecular complexity index is 1130. The molecular formula is C22H18N2O6. The van der Waals surface area contributed by atoms with E-state index in [2.05, 4.69) is 5.32 Å². The zero-order valence-corrected chi connectivity index (χ0v) is 16.0. The minimum Gasteiger partial charge on any atom is -0.496 e. The van der Waals surface area contributed by atoms with Gasteiger partial charge in [-0.05, 0) is 34.5 Å². The van der Waals surface area contributed by atoms with E-state index in [-0.39, 0.29) is 17.1 Å². The molecule has 0 unspecified atom stereocenters. The van der Waals surface area contributed by atoms with Crippen molar-refractivity contribution in [1.29, 1.82) is 0 Å². The molecule has 0 radical (unpaired) electrons. The summed E-state index contributed by atoms with van der Waals surface area (Å²) in [6.45, 7) is -0.581. The maximum Gasteiger partial charge on any atom is 0.331 e. The van der Waals surface area contributed by atoms with Crippen LogP contribution in [0.5, 0.6) is 5.75 Å². The number of nitro benzene ring substituents is 1. The van der Waals surface area contributed by atoms with E-state index in [0.717, 1.165) is 16.3 Å². The highest BCUT2D eigenvalue weighted by Gasteiger charge is 2.17. The molecule has 3 aromatic carbocycles. The number of carbonyl (C=O) groups excluding carboxylic acids is 2. The van der Waals surface area contributed by atoms with E-state index in [1.807, 2.05) is 42.5 Å². The van der Waals surface area contributed by atoms with Crippen molar-refractivity contribution in [2.75, 3.05) is 19.0 Å². The third kappa shape index (κ3) is 4.99. The Labute approximate surface area is 171 Å². The predicted octanol–water partition coefficient (Wildman–Crippen LogP) is 3.95. The van der Waals surface area contributed by atoms with Gasteiger partial charge in [0.25, 0.3) is 11.6 Å². The van der Waals surface area contributed by atoms with E-state index >= 15 is 0 Å². The molecule has 0 spiro atoms. The zero-order valence-electron chi connectivity index (χ0n) is 16.0. The minimum atomic E-state index is -0.706. The van der Waals surface area contributed by atoms with Crippen LogP contribution in [-0.4, -0.2) is 30.5 Å². The predicted molar refractivity (Wildman–Crippen MR) is 112 cm³/mol. The molecule has 0 saturated heterocycles. The molecule has 0 aromatic heterocycles. The molecular weight excluding hydrogens is 388 g/mol. The zero-order chi connectivity index (χ0) is 21.5. The van der Waals surface area contributed by atoms with Gasteiger partial charge in [-0.1, -0.05) is 42.5 Å². The minimum absolute atomic E-state index is 0.0202. The summed E-state index contributed by atoms with van der Waals surface area (Å²) in [5.41, 5.74) is 0.487. The van der Waals surface area contributed by atoms with Crippen LogP contribution in [0.3, 0.4) is 0 Å². The molecule has 8 heteroatoms. The number of esters is 1. The Morgan fingerprint density at radius 2 is 1.87 bits per heavy atom. The lowest BCUT2D eigenvalue weighted by atomic mass is 10.0. The molecule has 0 atom stereocenters. The number of nitro groups is 1. The number of ether oxygens (including phenoxy) is 2. The van der Waals surface area contributed by atoms with Crippen molar-refractivity contribution in [2.24, 2.45) is 0 Å². The SMILES string of the molecule is COc1ccc(NC(=O)COC(=O)/C=C/c2cccc3ccccc23)c([N+](=O)[O-])c1. The number of anilines is 1. The largest absolute Gasteiger partial charge is 0.496 e. The summed E-state index contributed by atoms with van der Waals surface area (Å²) in [6.07, 6.45) is 2.84. The van der Waals surface area contributed by atoms with Crippen LogP contribution in [0.1, 0.15) is 5.56 Å². The second kappa shape index (κ2) is 9.33. The fourth-order valence-electron chi connectivity index (χ4n) is 2.82. The van der Waals surface area contributed by atoms with Crippen LogP contribution >= 0.6 is 0 Å². The molecule has 30 heavy (non-hydrogen) atoms. The number of nitrogens with zero attached hydrogens (tertiary/aromatic N) is 1. The topological polar surface area (TPSA) is 108 Å². The average molecular weight is 406 g/mol. The first kappa shape index (κ1) is 20.5. The van der Waals surface area contributed by atoms with Crippen molar-refractivity contribution in [1.82, 2.24) is 0 Å². The number of hydrogen-bond donors (Lipinski definition) is 1. The molecule has 1 amide bonds. The van der Waals surface area contributed by atoms with E-state index in [1.165, 1.54) is 31.4 Å². The van der Waals surface area contributed by atoms with Crippen molar-refractivity contribution in [2.45, 2.75) is 0 Å². The first-order chi connectivity index (χ1) is 14.5. The van der Waals surface area contributed by atoms with Crippen LogP contribution in [0.4, 0.5) is 11.4 Å². The quantitative estimate of drug-likeness (QED) is 0.275. The second-order valence-corrected chi connectivity index (χ2v) is 6.20. The number of methoxy groups -OCH3 is 1. The number of carbonyl (C=O) groups is 2. The number of rotatable bonds is 7. The fourth-order valence-corrected chi connectivity index (χ4v) is 2.82. The molecule has 8 nitrogen and oxygen atoms in total. The molecule has 152 valence electrons. The Balaban J connectivity index is 1.60. The lowest BCUT2D eigenvalue weighted by Gasteiger charge is -2.07. The Morgan fingerprint density at radius 1 is 1.10 bits per heavy atom. The lowest BCUT2D eigenvalue weighted by molar-refractivity contribution is -0.384. The Morgan fingerprint density at radius 3 is 2.63 bits per heavy atom. The molecule has 0 bridgehead atoms. The van der Waals surface area contributed by atoms with E-state index < -0.39 is 23.4 Å². The van der Waals surface area contributed by atoms with Crippen molar-refractivity contribution < 1.29 is 24.0 Å². The molecule has 0 fully saturated rings. The van der Waals surface area contributed by atoms with Gasteiger partial charge in [-0.25, -0.2) is 4.79 Å². The average Bonchev–Trinajstić information content (AvgIpc) is 2.76. The van der Waals surface area contributed by atoms with Crippen molar-refractivity contribution in [3.63, 3.8) is 0 Å². The highest BCUT2D eigenvalue weighted by Crippen LogP contribution is 2.28. The first-order valence-corrected chi connectivity index (χ1v) is 8.93. The lowest BCUT2D eigenvalue weighted by Crippen LogP contribution is -2.20. The van der Waals surface area contributed by atoms with Crippen LogP contribution in [0.25, 0.3) is 16.8 Å². The van der Waals surface area contributed by atoms with Gasteiger partial charge in [-0.3, -0.25) is 14.9 Å². The Hall–Kier alpha value is -4.20. The standard InChI is InChI=1S/C22H18N2O6/c1-29-17-10-11-19(20(13-17)24(27)28)23-21(25)14-30-22(26)12-9-16-7-4-6-15-5-2-3-8-18(15)16/h2-13H,14H2,1H3,(H,23,25)/b12-9+. The maximum atomic E-state index is 12.0. The van der Waals surface area contributed by atoms with Gasteiger partial charge >= 0.3 is 5.97 Å². The van der Waals surface area contributed by atoms with E-state index in [9.17, 15) is 19.7 Å². The highest BCUT2D eigenvalue weighted by atomic mass is 16.6. The van der Waals surface area contributed by atoms with Gasteiger partial charge in [-0.2, -0.15) is 0 Å². The molecule has 3 rings (SSSR count). The van der Waals surface area contributed by atoms with Crippen LogP contribution in [0.2, 0.25) is 0 Å². The van der Waals surface area contributed by atoms with Gasteiger partial charge in [0.05, 0.1) is 18.1 Å². The number of fused-ring (bicyclic) bond motifs is 1. The molecule has 0 aliphatic heterocycles. The first-order valence-electron chi connectivity index (χ1n) is 8.93. The number of amides is 1. The van der Waals surface area contributed by atoms with Crippen molar-refractivity contribution >= 4 is 40.1 Å². The second-order valence-electron chi connectivity index (χ2n) is 6.20. The number of benzene rings is 3. The highest BCUT2D eigenvalue weighted by molar-refractivity contribution is 5.97. The van der Waals surface area contributed by atoms with Gasteiger partial charge in [-0.15, -0.1) is 0 Å². The summed E-state index contributed by atoms with van der Waals surface area (Å²) in [6, 6.07) is 17.4. The van der Waals surface area contributed by atoms with Crippen LogP contribution in [0.15, 0.2) is 66.7 Å². The smallest absolute Gasteiger partial charge is 0.331 e. The van der Waals surface area contributed by atoms with E-state index in [1.54, 1.807) is 6.08 Å². The summed E-state index contributed by atoms with van der Waals surface area (Å²) < 4.78 is 9.86. The fraction of sp³-hybridized carbons (Fsp3) is 0.0909. The summed E-state index contributed by atoms with van der Waals surface area (Å²) in [7, 11) is 1.38. The van der Waals surface area contributed by atoms with Gasteiger partial charge in [0.2, 0.25) is 0 Å². The van der Waals surface area contributed by atoms with Gasteiger partial charge in [0.1, 0.15) is 11.4 Å². The van der Waals surface area contributed by atoms with Crippen molar-refractivity contribution in [3.8, 4) is 5.75 Å². The summed E-state index contributed by atoms with van der Waals surface area (Å²) in [5, 5.41) is 15.5.